The fourth-order valence-electron chi connectivity index (χ4n) is 4.36. The van der Waals surface area contributed by atoms with Gasteiger partial charge >= 0.3 is 5.97 Å². The molecule has 1 heterocycles. The van der Waals surface area contributed by atoms with Gasteiger partial charge in [-0.15, -0.1) is 0 Å². The smallest absolute Gasteiger partial charge is 0.310 e. The van der Waals surface area contributed by atoms with Crippen LogP contribution in [0.2, 0.25) is 0 Å². The first-order valence-electron chi connectivity index (χ1n) is 11.9. The molecule has 9 heteroatoms. The number of ether oxygens (including phenoxy) is 3. The molecular weight excluding hydrogens is 490 g/mol. The summed E-state index contributed by atoms with van der Waals surface area (Å²) in [5.41, 5.74) is 1.71. The summed E-state index contributed by atoms with van der Waals surface area (Å²) in [6.45, 7) is 2.00. The highest BCUT2D eigenvalue weighted by molar-refractivity contribution is 6.51. The fourth-order valence-corrected chi connectivity index (χ4v) is 4.36. The summed E-state index contributed by atoms with van der Waals surface area (Å²) < 4.78 is 15.6. The number of aliphatic hydroxyl groups is 1. The lowest BCUT2D eigenvalue weighted by Crippen LogP contribution is -2.29. The van der Waals surface area contributed by atoms with Gasteiger partial charge in [0.15, 0.2) is 11.5 Å². The topological polar surface area (TPSA) is 123 Å². The molecule has 0 aliphatic carbocycles. The molecule has 1 unspecified atom stereocenters. The number of carbonyl (C=O) groups is 3. The van der Waals surface area contributed by atoms with E-state index in [1.54, 1.807) is 55.5 Å². The third-order valence-electron chi connectivity index (χ3n) is 6.18. The molecule has 0 saturated carbocycles. The summed E-state index contributed by atoms with van der Waals surface area (Å²) in [5.74, 6) is -1.68. The van der Waals surface area contributed by atoms with E-state index in [4.69, 9.17) is 14.2 Å². The number of rotatable bonds is 8. The number of hydrogen-bond donors (Lipinski definition) is 2. The van der Waals surface area contributed by atoms with E-state index in [0.717, 1.165) is 0 Å². The Morgan fingerprint density at radius 1 is 0.921 bits per heavy atom. The number of amides is 1. The van der Waals surface area contributed by atoms with Crippen molar-refractivity contribution in [3.63, 3.8) is 0 Å². The number of phenols is 1. The minimum absolute atomic E-state index is 0.00825. The second-order valence-corrected chi connectivity index (χ2v) is 8.48. The lowest BCUT2D eigenvalue weighted by Gasteiger charge is -2.25. The van der Waals surface area contributed by atoms with E-state index in [1.165, 1.54) is 37.3 Å². The SMILES string of the molecule is CCOC(=O)Cc1ccc(N2C(=O)C(=O)/C(=C(\O)c3ccc(OC)c(OC)c3)C2c2ccc(O)cc2)cc1. The Bertz CT molecular complexity index is 1390. The van der Waals surface area contributed by atoms with Gasteiger partial charge in [-0.25, -0.2) is 0 Å². The van der Waals surface area contributed by atoms with Gasteiger partial charge in [-0.05, 0) is 60.5 Å². The van der Waals surface area contributed by atoms with Gasteiger partial charge in [0.05, 0.1) is 38.9 Å². The number of aromatic hydroxyl groups is 1. The fraction of sp³-hybridized carbons (Fsp3) is 0.207. The zero-order chi connectivity index (χ0) is 27.4. The Hall–Kier alpha value is -4.79. The van der Waals surface area contributed by atoms with E-state index in [2.05, 4.69) is 0 Å². The summed E-state index contributed by atoms with van der Waals surface area (Å²) in [5, 5.41) is 21.1. The number of aliphatic hydroxyl groups excluding tert-OH is 1. The molecule has 1 fully saturated rings. The Morgan fingerprint density at radius 3 is 2.18 bits per heavy atom. The number of anilines is 1. The number of nitrogens with zero attached hydrogens (tertiary/aromatic N) is 1. The average Bonchev–Trinajstić information content (AvgIpc) is 3.18. The van der Waals surface area contributed by atoms with Crippen LogP contribution >= 0.6 is 0 Å². The van der Waals surface area contributed by atoms with E-state index in [0.29, 0.717) is 28.3 Å². The number of phenolic OH excluding ortho intramolecular Hbond substituents is 1. The van der Waals surface area contributed by atoms with Gasteiger partial charge in [-0.1, -0.05) is 24.3 Å². The molecule has 1 atom stereocenters. The monoisotopic (exact) mass is 517 g/mol. The van der Waals surface area contributed by atoms with Crippen molar-refractivity contribution < 1.29 is 38.8 Å². The van der Waals surface area contributed by atoms with Crippen molar-refractivity contribution >= 4 is 29.1 Å². The molecule has 196 valence electrons. The number of hydrogen-bond acceptors (Lipinski definition) is 8. The number of benzene rings is 3. The molecule has 1 saturated heterocycles. The lowest BCUT2D eigenvalue weighted by molar-refractivity contribution is -0.142. The maximum Gasteiger partial charge on any atom is 0.310 e. The molecule has 3 aromatic carbocycles. The molecule has 0 spiro atoms. The van der Waals surface area contributed by atoms with Gasteiger partial charge in [0.2, 0.25) is 0 Å². The minimum atomic E-state index is -0.986. The first-order chi connectivity index (χ1) is 18.3. The average molecular weight is 518 g/mol. The van der Waals surface area contributed by atoms with Gasteiger partial charge in [-0.2, -0.15) is 0 Å². The maximum atomic E-state index is 13.3. The van der Waals surface area contributed by atoms with Crippen LogP contribution in [0.5, 0.6) is 17.2 Å². The summed E-state index contributed by atoms with van der Waals surface area (Å²) in [6, 6.07) is 16.3. The molecule has 0 radical (unpaired) electrons. The molecule has 9 nitrogen and oxygen atoms in total. The second kappa shape index (κ2) is 11.1. The van der Waals surface area contributed by atoms with Crippen molar-refractivity contribution in [2.45, 2.75) is 19.4 Å². The number of esters is 1. The van der Waals surface area contributed by atoms with Crippen LogP contribution in [0.25, 0.3) is 5.76 Å². The summed E-state index contributed by atoms with van der Waals surface area (Å²) in [4.78, 5) is 39.8. The molecule has 3 aromatic rings. The third kappa shape index (κ3) is 5.04. The van der Waals surface area contributed by atoms with Gasteiger partial charge < -0.3 is 24.4 Å². The molecule has 4 rings (SSSR count). The first-order valence-corrected chi connectivity index (χ1v) is 11.9. The molecule has 1 aliphatic heterocycles. The van der Waals surface area contributed by atoms with E-state index in [1.807, 2.05) is 0 Å². The quantitative estimate of drug-likeness (QED) is 0.198. The Labute approximate surface area is 219 Å². The van der Waals surface area contributed by atoms with Gasteiger partial charge in [0, 0.05) is 11.3 Å². The van der Waals surface area contributed by atoms with Gasteiger partial charge in [0.25, 0.3) is 11.7 Å². The summed E-state index contributed by atoms with van der Waals surface area (Å²) >= 11 is 0. The predicted molar refractivity (Wildman–Crippen MR) is 139 cm³/mol. The summed E-state index contributed by atoms with van der Waals surface area (Å²) in [7, 11) is 2.93. The number of carbonyl (C=O) groups excluding carboxylic acids is 3. The van der Waals surface area contributed by atoms with Crippen molar-refractivity contribution in [3.05, 3.63) is 89.0 Å². The summed E-state index contributed by atoms with van der Waals surface area (Å²) in [6.07, 6.45) is 0.0631. The van der Waals surface area contributed by atoms with E-state index in [-0.39, 0.29) is 41.6 Å². The van der Waals surface area contributed by atoms with Crippen LogP contribution in [-0.4, -0.2) is 48.7 Å². The molecule has 0 bridgehead atoms. The van der Waals surface area contributed by atoms with Crippen molar-refractivity contribution in [2.24, 2.45) is 0 Å². The van der Waals surface area contributed by atoms with Crippen LogP contribution in [0, 0.1) is 0 Å². The highest BCUT2D eigenvalue weighted by Crippen LogP contribution is 2.43. The van der Waals surface area contributed by atoms with Crippen LogP contribution in [-0.2, 0) is 25.5 Å². The Morgan fingerprint density at radius 2 is 1.58 bits per heavy atom. The zero-order valence-electron chi connectivity index (χ0n) is 21.1. The number of Topliss-reactive ketones (excluding diaryl/α,β-unsaturated/α-hetero) is 1. The van der Waals surface area contributed by atoms with Crippen LogP contribution in [0.1, 0.15) is 29.7 Å². The standard InChI is InChI=1S/C29H27NO8/c1-4-38-24(32)15-17-5-10-20(11-6-17)30-26(18-7-12-21(31)13-8-18)25(28(34)29(30)35)27(33)19-9-14-22(36-2)23(16-19)37-3/h5-14,16,26,31,33H,4,15H2,1-3H3/b27-25-. The number of ketones is 1. The largest absolute Gasteiger partial charge is 0.508 e. The van der Waals surface area contributed by atoms with Crippen LogP contribution in [0.15, 0.2) is 72.3 Å². The van der Waals surface area contributed by atoms with Crippen molar-refractivity contribution in [3.8, 4) is 17.2 Å². The third-order valence-corrected chi connectivity index (χ3v) is 6.18. The molecular formula is C29H27NO8. The van der Waals surface area contributed by atoms with Crippen molar-refractivity contribution in [1.29, 1.82) is 0 Å². The number of methoxy groups -OCH3 is 2. The zero-order valence-corrected chi connectivity index (χ0v) is 21.1. The normalized spacial score (nSPS) is 16.4. The molecule has 2 N–H and O–H groups in total. The van der Waals surface area contributed by atoms with Crippen LogP contribution in [0.3, 0.4) is 0 Å². The predicted octanol–water partition coefficient (Wildman–Crippen LogP) is 4.14. The first kappa shape index (κ1) is 26.3. The Kier molecular flexibility index (Phi) is 7.66. The molecule has 0 aromatic heterocycles. The van der Waals surface area contributed by atoms with Gasteiger partial charge in [0.1, 0.15) is 11.5 Å². The maximum absolute atomic E-state index is 13.3. The highest BCUT2D eigenvalue weighted by atomic mass is 16.5. The second-order valence-electron chi connectivity index (χ2n) is 8.48. The van der Waals surface area contributed by atoms with Crippen molar-refractivity contribution in [2.75, 3.05) is 25.7 Å². The lowest BCUT2D eigenvalue weighted by atomic mass is 9.95. The molecule has 38 heavy (non-hydrogen) atoms. The van der Waals surface area contributed by atoms with Crippen LogP contribution in [0.4, 0.5) is 5.69 Å². The minimum Gasteiger partial charge on any atom is -0.508 e. The van der Waals surface area contributed by atoms with E-state index >= 15 is 0 Å². The molecule has 1 aliphatic rings. The molecule has 1 amide bonds. The highest BCUT2D eigenvalue weighted by Gasteiger charge is 2.47. The van der Waals surface area contributed by atoms with Crippen LogP contribution < -0.4 is 14.4 Å². The van der Waals surface area contributed by atoms with E-state index in [9.17, 15) is 24.6 Å². The van der Waals surface area contributed by atoms with E-state index < -0.39 is 17.7 Å². The Balaban J connectivity index is 1.82. The van der Waals surface area contributed by atoms with Gasteiger partial charge in [-0.3, -0.25) is 19.3 Å². The van der Waals surface area contributed by atoms with Crippen molar-refractivity contribution in [1.82, 2.24) is 0 Å².